The number of aryl methyl sites for hydroxylation is 2. The van der Waals surface area contributed by atoms with Crippen LogP contribution in [-0.2, 0) is 19.6 Å². The zero-order chi connectivity index (χ0) is 15.7. The molecule has 0 saturated heterocycles. The summed E-state index contributed by atoms with van der Waals surface area (Å²) in [5.74, 6) is -0.741. The topological polar surface area (TPSA) is 71.1 Å². The minimum absolute atomic E-state index is 0.237. The monoisotopic (exact) mass is 296 g/mol. The Kier molecular flexibility index (Phi) is 7.25. The summed E-state index contributed by atoms with van der Waals surface area (Å²) in [7, 11) is 0. The molecule has 0 atom stereocenters. The van der Waals surface area contributed by atoms with E-state index in [-0.39, 0.29) is 6.61 Å². The van der Waals surface area contributed by atoms with Crippen molar-refractivity contribution >= 4 is 12.1 Å². The van der Waals surface area contributed by atoms with Crippen LogP contribution in [0.4, 0.5) is 4.79 Å². The molecular weight excluding hydrogens is 276 g/mol. The number of rotatable bonds is 7. The number of unbranched alkanes of at least 4 members (excludes halogenated alkanes) is 2. The highest BCUT2D eigenvalue weighted by Gasteiger charge is 2.14. The van der Waals surface area contributed by atoms with Crippen LogP contribution in [-0.4, -0.2) is 18.7 Å². The lowest BCUT2D eigenvalue weighted by molar-refractivity contribution is -0.452. The van der Waals surface area contributed by atoms with E-state index in [1.807, 2.05) is 19.9 Å². The summed E-state index contributed by atoms with van der Waals surface area (Å²) >= 11 is 0. The minimum atomic E-state index is -1.04. The van der Waals surface area contributed by atoms with Crippen molar-refractivity contribution in [3.05, 3.63) is 34.9 Å². The van der Waals surface area contributed by atoms with E-state index in [1.165, 1.54) is 0 Å². The van der Waals surface area contributed by atoms with Gasteiger partial charge in [-0.2, -0.15) is 0 Å². The Balaban J connectivity index is 2.30. The molecule has 0 aliphatic rings. The Bertz CT molecular complexity index is 483. The first-order valence-electron chi connectivity index (χ1n) is 6.84. The maximum atomic E-state index is 11.7. The third kappa shape index (κ3) is 6.27. The fraction of sp³-hybridized carbons (Fsp3) is 0.467. The van der Waals surface area contributed by atoms with Crippen LogP contribution >= 0.6 is 0 Å². The molecule has 0 spiro atoms. The first-order chi connectivity index (χ1) is 10.0. The van der Waals surface area contributed by atoms with E-state index < -0.39 is 12.1 Å². The molecule has 0 unspecified atom stereocenters. The summed E-state index contributed by atoms with van der Waals surface area (Å²) in [6, 6.07) is 5.32. The summed E-state index contributed by atoms with van der Waals surface area (Å²) in [4.78, 5) is 31.4. The molecule has 0 saturated carbocycles. The van der Waals surface area contributed by atoms with Crippen molar-refractivity contribution in [1.82, 2.24) is 0 Å². The lowest BCUT2D eigenvalue weighted by Crippen LogP contribution is -2.13. The van der Waals surface area contributed by atoms with Gasteiger partial charge in [-0.1, -0.05) is 37.5 Å². The van der Waals surface area contributed by atoms with Gasteiger partial charge in [-0.05, 0) is 31.9 Å². The Morgan fingerprint density at radius 1 is 1.10 bits per heavy atom. The van der Waals surface area contributed by atoms with Gasteiger partial charge in [-0.25, -0.2) is 14.5 Å². The molecule has 6 heteroatoms. The predicted octanol–water partition coefficient (Wildman–Crippen LogP) is 3.65. The SMILES string of the molecule is CCCCCOC(=O)OOOC(=O)c1cc(C)ccc1C. The first kappa shape index (κ1) is 17.0. The molecule has 1 aromatic carbocycles. The van der Waals surface area contributed by atoms with E-state index in [9.17, 15) is 9.59 Å². The maximum Gasteiger partial charge on any atom is 0.543 e. The van der Waals surface area contributed by atoms with Crippen LogP contribution < -0.4 is 0 Å². The van der Waals surface area contributed by atoms with Crippen molar-refractivity contribution in [3.8, 4) is 0 Å². The Hall–Kier alpha value is -2.08. The van der Waals surface area contributed by atoms with E-state index in [0.29, 0.717) is 5.56 Å². The van der Waals surface area contributed by atoms with Crippen LogP contribution in [0.5, 0.6) is 0 Å². The van der Waals surface area contributed by atoms with Gasteiger partial charge in [0.15, 0.2) is 0 Å². The highest BCUT2D eigenvalue weighted by atomic mass is 17.5. The van der Waals surface area contributed by atoms with Crippen LogP contribution in [0.1, 0.15) is 47.7 Å². The molecule has 0 aromatic heterocycles. The molecule has 0 heterocycles. The summed E-state index contributed by atoms with van der Waals surface area (Å²) in [6.07, 6.45) is 1.67. The second kappa shape index (κ2) is 8.97. The smallest absolute Gasteiger partial charge is 0.432 e. The number of benzene rings is 1. The molecule has 116 valence electrons. The van der Waals surface area contributed by atoms with Gasteiger partial charge in [0.1, 0.15) is 0 Å². The summed E-state index contributed by atoms with van der Waals surface area (Å²) in [5.41, 5.74) is 1.98. The van der Waals surface area contributed by atoms with Crippen LogP contribution in [0, 0.1) is 13.8 Å². The van der Waals surface area contributed by atoms with E-state index in [0.717, 1.165) is 30.4 Å². The van der Waals surface area contributed by atoms with E-state index in [2.05, 4.69) is 14.8 Å². The van der Waals surface area contributed by atoms with Gasteiger partial charge in [0.2, 0.25) is 0 Å². The average molecular weight is 296 g/mol. The standard InChI is InChI=1S/C15H20O6/c1-4-5-6-9-18-15(17)20-21-19-14(16)13-10-11(2)7-8-12(13)3/h7-8,10H,4-6,9H2,1-3H3. The fourth-order valence-electron chi connectivity index (χ4n) is 1.61. The summed E-state index contributed by atoms with van der Waals surface area (Å²) in [5, 5.41) is 4.14. The summed E-state index contributed by atoms with van der Waals surface area (Å²) < 4.78 is 4.70. The van der Waals surface area contributed by atoms with Crippen LogP contribution in [0.25, 0.3) is 0 Å². The van der Waals surface area contributed by atoms with E-state index >= 15 is 0 Å². The molecule has 0 amide bonds. The van der Waals surface area contributed by atoms with Crippen molar-refractivity contribution < 1.29 is 29.1 Å². The molecule has 0 aliphatic heterocycles. The molecule has 0 bridgehead atoms. The second-order valence-corrected chi connectivity index (χ2v) is 4.65. The van der Waals surface area contributed by atoms with Gasteiger partial charge in [0, 0.05) is 0 Å². The van der Waals surface area contributed by atoms with Crippen molar-refractivity contribution in [3.63, 3.8) is 0 Å². The Morgan fingerprint density at radius 2 is 1.86 bits per heavy atom. The zero-order valence-electron chi connectivity index (χ0n) is 12.5. The van der Waals surface area contributed by atoms with Crippen molar-refractivity contribution in [1.29, 1.82) is 0 Å². The predicted molar refractivity (Wildman–Crippen MR) is 74.4 cm³/mol. The van der Waals surface area contributed by atoms with Gasteiger partial charge in [0.25, 0.3) is 0 Å². The number of hydrogen-bond acceptors (Lipinski definition) is 6. The van der Waals surface area contributed by atoms with Gasteiger partial charge in [0.05, 0.1) is 17.2 Å². The molecule has 1 aromatic rings. The molecular formula is C15H20O6. The van der Waals surface area contributed by atoms with Crippen molar-refractivity contribution in [2.24, 2.45) is 0 Å². The quantitative estimate of drug-likeness (QED) is 0.331. The average Bonchev–Trinajstić information content (AvgIpc) is 2.46. The van der Waals surface area contributed by atoms with Gasteiger partial charge in [-0.15, -0.1) is 0 Å². The third-order valence-electron chi connectivity index (χ3n) is 2.79. The van der Waals surface area contributed by atoms with Crippen molar-refractivity contribution in [2.75, 3.05) is 6.61 Å². The molecule has 6 nitrogen and oxygen atoms in total. The Morgan fingerprint density at radius 3 is 2.57 bits per heavy atom. The van der Waals surface area contributed by atoms with Gasteiger partial charge >= 0.3 is 12.1 Å². The Labute approximate surface area is 123 Å². The third-order valence-corrected chi connectivity index (χ3v) is 2.79. The lowest BCUT2D eigenvalue weighted by atomic mass is 10.1. The number of carbonyl (C=O) groups excluding carboxylic acids is 2. The van der Waals surface area contributed by atoms with Gasteiger partial charge in [-0.3, -0.25) is 4.89 Å². The molecule has 0 fully saturated rings. The highest BCUT2D eigenvalue weighted by Crippen LogP contribution is 2.12. The van der Waals surface area contributed by atoms with Crippen LogP contribution in [0.2, 0.25) is 0 Å². The molecule has 0 aliphatic carbocycles. The number of hydrogen-bond donors (Lipinski definition) is 0. The fourth-order valence-corrected chi connectivity index (χ4v) is 1.61. The van der Waals surface area contributed by atoms with E-state index in [4.69, 9.17) is 4.74 Å². The highest BCUT2D eigenvalue weighted by molar-refractivity contribution is 5.90. The number of carbonyl (C=O) groups is 2. The minimum Gasteiger partial charge on any atom is -0.432 e. The van der Waals surface area contributed by atoms with Crippen molar-refractivity contribution in [2.45, 2.75) is 40.0 Å². The molecule has 0 radical (unpaired) electrons. The van der Waals surface area contributed by atoms with Crippen LogP contribution in [0.3, 0.4) is 0 Å². The number of ether oxygens (including phenoxy) is 1. The second-order valence-electron chi connectivity index (χ2n) is 4.65. The van der Waals surface area contributed by atoms with E-state index in [1.54, 1.807) is 19.1 Å². The maximum absolute atomic E-state index is 11.7. The lowest BCUT2D eigenvalue weighted by Gasteiger charge is -2.06. The first-order valence-corrected chi connectivity index (χ1v) is 6.84. The van der Waals surface area contributed by atoms with Gasteiger partial charge < -0.3 is 4.74 Å². The zero-order valence-corrected chi connectivity index (χ0v) is 12.5. The molecule has 0 N–H and O–H groups in total. The molecule has 1 rings (SSSR count). The van der Waals surface area contributed by atoms with Crippen LogP contribution in [0.15, 0.2) is 18.2 Å². The largest absolute Gasteiger partial charge is 0.543 e. The normalized spacial score (nSPS) is 10.0. The summed E-state index contributed by atoms with van der Waals surface area (Å²) in [6.45, 7) is 5.88. The molecule has 21 heavy (non-hydrogen) atoms.